The van der Waals surface area contributed by atoms with Gasteiger partial charge in [-0.1, -0.05) is 367 Å². The molecule has 0 amide bonds. The van der Waals surface area contributed by atoms with Crippen molar-refractivity contribution in [2.24, 2.45) is 5.92 Å². The Hall–Kier alpha value is -2.46. The molecule has 0 aromatic carbocycles. The van der Waals surface area contributed by atoms with E-state index < -0.39 is 97.5 Å². The summed E-state index contributed by atoms with van der Waals surface area (Å²) in [4.78, 5) is 73.1. The zero-order valence-electron chi connectivity index (χ0n) is 66.2. The third kappa shape index (κ3) is 75.8. The Bertz CT molecular complexity index is 2040. The van der Waals surface area contributed by atoms with Crippen LogP contribution in [0.25, 0.3) is 0 Å². The molecule has 0 rings (SSSR count). The summed E-state index contributed by atoms with van der Waals surface area (Å²) in [5.41, 5.74) is 0. The average molecular weight is 1490 g/mol. The standard InChI is InChI=1S/C83H158O17P2/c1-6-9-12-15-18-21-24-26-28-29-30-35-38-42-47-52-57-62-67-81(86)94-73-79(100-83(88)69-64-59-54-49-44-40-36-32-31-34-37-41-45-50-55-60-65-76(4)5)75-98-102(91,92)96-71-77(84)70-95-101(89,90)97-74-78(72-93-80(85)66-61-56-51-46-23-20-17-14-11-8-3)99-82(87)68-63-58-53-48-43-39-33-27-25-22-19-16-13-10-7-2/h22,25,27,33,76-79,84H,6-21,23-24,26,28-32,34-75H2,1-5H3,(H,89,90)(H,91,92)/b25-22-,33-27-/t77-,78+,79+/m0/s1. The first-order chi connectivity index (χ1) is 49.5. The number of unbranched alkanes of at least 4 members (excludes halogenated alkanes) is 50. The van der Waals surface area contributed by atoms with E-state index >= 15 is 0 Å². The maximum atomic E-state index is 13.1. The fourth-order valence-electron chi connectivity index (χ4n) is 12.4. The van der Waals surface area contributed by atoms with Crippen LogP contribution in [-0.4, -0.2) is 96.7 Å². The Morgan fingerprint density at radius 3 is 0.804 bits per heavy atom. The van der Waals surface area contributed by atoms with Crippen LogP contribution >= 0.6 is 15.6 Å². The quantitative estimate of drug-likeness (QED) is 0.0169. The van der Waals surface area contributed by atoms with Crippen LogP contribution < -0.4 is 0 Å². The Kier molecular flexibility index (Phi) is 73.5. The lowest BCUT2D eigenvalue weighted by Crippen LogP contribution is -2.30. The van der Waals surface area contributed by atoms with Crippen molar-refractivity contribution in [1.29, 1.82) is 0 Å². The minimum atomic E-state index is -4.97. The Morgan fingerprint density at radius 1 is 0.304 bits per heavy atom. The number of hydrogen-bond acceptors (Lipinski definition) is 15. The van der Waals surface area contributed by atoms with Crippen molar-refractivity contribution >= 4 is 39.5 Å². The lowest BCUT2D eigenvalue weighted by molar-refractivity contribution is -0.161. The Balaban J connectivity index is 5.26. The number of hydrogen-bond donors (Lipinski definition) is 3. The average Bonchev–Trinajstić information content (AvgIpc) is 0.999. The van der Waals surface area contributed by atoms with Gasteiger partial charge in [-0.15, -0.1) is 0 Å². The smallest absolute Gasteiger partial charge is 0.462 e. The molecule has 0 heterocycles. The van der Waals surface area contributed by atoms with E-state index in [0.717, 1.165) is 109 Å². The SMILES string of the molecule is CCCCCC/C=C\C=C/CCCCCCCC(=O)O[C@H](COC(=O)CCCCCCCCCCCC)COP(=O)(O)OC[C@H](O)COP(=O)(O)OC[C@@H](COC(=O)CCCCCCCCCCCCCCCCCCCC)OC(=O)CCCCCCCCCCCCCCCCCCC(C)C. The molecule has 0 bridgehead atoms. The van der Waals surface area contributed by atoms with Gasteiger partial charge in [-0.25, -0.2) is 9.13 Å². The van der Waals surface area contributed by atoms with Crippen molar-refractivity contribution in [2.75, 3.05) is 39.6 Å². The van der Waals surface area contributed by atoms with E-state index in [0.29, 0.717) is 25.7 Å². The predicted molar refractivity (Wildman–Crippen MR) is 418 cm³/mol. The monoisotopic (exact) mass is 1490 g/mol. The molecule has 0 radical (unpaired) electrons. The highest BCUT2D eigenvalue weighted by atomic mass is 31.2. The second-order valence-corrected chi connectivity index (χ2v) is 32.6. The molecular weight excluding hydrogens is 1330 g/mol. The van der Waals surface area contributed by atoms with Crippen LogP contribution in [-0.2, 0) is 65.4 Å². The zero-order valence-corrected chi connectivity index (χ0v) is 68.0. The summed E-state index contributed by atoms with van der Waals surface area (Å²) in [6, 6.07) is 0. The first kappa shape index (κ1) is 99.5. The number of esters is 4. The molecule has 0 aliphatic carbocycles. The van der Waals surface area contributed by atoms with Gasteiger partial charge in [0.15, 0.2) is 12.2 Å². The maximum absolute atomic E-state index is 13.1. The highest BCUT2D eigenvalue weighted by molar-refractivity contribution is 7.47. The molecule has 5 atom stereocenters. The molecular formula is C83H158O17P2. The van der Waals surface area contributed by atoms with Gasteiger partial charge >= 0.3 is 39.5 Å². The summed E-state index contributed by atoms with van der Waals surface area (Å²) < 4.78 is 68.7. The van der Waals surface area contributed by atoms with Gasteiger partial charge in [-0.05, 0) is 57.3 Å². The van der Waals surface area contributed by atoms with Gasteiger partial charge in [0.05, 0.1) is 26.4 Å². The van der Waals surface area contributed by atoms with E-state index in [2.05, 4.69) is 58.9 Å². The third-order valence-electron chi connectivity index (χ3n) is 18.9. The highest BCUT2D eigenvalue weighted by Gasteiger charge is 2.30. The van der Waals surface area contributed by atoms with Gasteiger partial charge in [0.2, 0.25) is 0 Å². The maximum Gasteiger partial charge on any atom is 0.472 e. The molecule has 17 nitrogen and oxygen atoms in total. The number of allylic oxidation sites excluding steroid dienone is 4. The number of aliphatic hydroxyl groups is 1. The Labute approximate surface area is 624 Å². The topological polar surface area (TPSA) is 237 Å². The molecule has 2 unspecified atom stereocenters. The summed E-state index contributed by atoms with van der Waals surface area (Å²) in [7, 11) is -9.93. The lowest BCUT2D eigenvalue weighted by atomic mass is 10.0. The second kappa shape index (κ2) is 75.4. The molecule has 0 spiro atoms. The summed E-state index contributed by atoms with van der Waals surface area (Å²) in [6.45, 7) is 7.30. The van der Waals surface area contributed by atoms with E-state index in [4.69, 9.17) is 37.0 Å². The molecule has 0 aromatic heterocycles. The van der Waals surface area contributed by atoms with Gasteiger partial charge in [0, 0.05) is 25.7 Å². The lowest BCUT2D eigenvalue weighted by Gasteiger charge is -2.21. The van der Waals surface area contributed by atoms with Crippen LogP contribution in [0.15, 0.2) is 24.3 Å². The first-order valence-electron chi connectivity index (χ1n) is 42.5. The van der Waals surface area contributed by atoms with E-state index in [9.17, 15) is 43.2 Å². The van der Waals surface area contributed by atoms with Gasteiger partial charge in [0.25, 0.3) is 0 Å². The summed E-state index contributed by atoms with van der Waals surface area (Å²) >= 11 is 0. The van der Waals surface area contributed by atoms with Gasteiger partial charge < -0.3 is 33.8 Å². The molecule has 0 saturated heterocycles. The van der Waals surface area contributed by atoms with Crippen molar-refractivity contribution in [3.63, 3.8) is 0 Å². The second-order valence-electron chi connectivity index (χ2n) is 29.7. The molecule has 0 saturated carbocycles. The molecule has 0 fully saturated rings. The van der Waals surface area contributed by atoms with Crippen LogP contribution in [0, 0.1) is 5.92 Å². The van der Waals surface area contributed by atoms with Crippen molar-refractivity contribution in [1.82, 2.24) is 0 Å². The number of carbonyl (C=O) groups excluding carboxylic acids is 4. The van der Waals surface area contributed by atoms with Crippen LogP contribution in [0.2, 0.25) is 0 Å². The number of rotatable bonds is 81. The number of ether oxygens (including phenoxy) is 4. The first-order valence-corrected chi connectivity index (χ1v) is 45.4. The summed E-state index contributed by atoms with van der Waals surface area (Å²) in [6.07, 6.45) is 70.2. The molecule has 3 N–H and O–H groups in total. The largest absolute Gasteiger partial charge is 0.472 e. The van der Waals surface area contributed by atoms with E-state index in [1.807, 2.05) is 0 Å². The van der Waals surface area contributed by atoms with Crippen LogP contribution in [0.3, 0.4) is 0 Å². The minimum Gasteiger partial charge on any atom is -0.462 e. The molecule has 102 heavy (non-hydrogen) atoms. The van der Waals surface area contributed by atoms with E-state index in [1.165, 1.54) is 231 Å². The number of aliphatic hydroxyl groups excluding tert-OH is 1. The summed E-state index contributed by atoms with van der Waals surface area (Å²) in [5.74, 6) is -1.33. The highest BCUT2D eigenvalue weighted by Crippen LogP contribution is 2.45. The Morgan fingerprint density at radius 2 is 0.529 bits per heavy atom. The van der Waals surface area contributed by atoms with Crippen LogP contribution in [0.5, 0.6) is 0 Å². The van der Waals surface area contributed by atoms with Crippen LogP contribution in [0.1, 0.15) is 420 Å². The number of phosphoric acid groups is 2. The molecule has 602 valence electrons. The van der Waals surface area contributed by atoms with Crippen molar-refractivity contribution in [3.8, 4) is 0 Å². The molecule has 0 aliphatic rings. The fraction of sp³-hybridized carbons (Fsp3) is 0.904. The van der Waals surface area contributed by atoms with Crippen molar-refractivity contribution in [2.45, 2.75) is 438 Å². The minimum absolute atomic E-state index is 0.0856. The molecule has 0 aromatic rings. The summed E-state index contributed by atoms with van der Waals surface area (Å²) in [5, 5.41) is 10.6. The molecule has 19 heteroatoms. The van der Waals surface area contributed by atoms with Crippen LogP contribution in [0.4, 0.5) is 0 Å². The van der Waals surface area contributed by atoms with Gasteiger partial charge in [0.1, 0.15) is 19.3 Å². The van der Waals surface area contributed by atoms with Gasteiger partial charge in [-0.3, -0.25) is 37.3 Å². The fourth-order valence-corrected chi connectivity index (χ4v) is 14.0. The van der Waals surface area contributed by atoms with Crippen molar-refractivity contribution < 1.29 is 80.2 Å². The molecule has 0 aliphatic heterocycles. The third-order valence-corrected chi connectivity index (χ3v) is 20.8. The number of phosphoric ester groups is 2. The number of carbonyl (C=O) groups is 4. The van der Waals surface area contributed by atoms with Gasteiger partial charge in [-0.2, -0.15) is 0 Å². The predicted octanol–water partition coefficient (Wildman–Crippen LogP) is 24.8. The van der Waals surface area contributed by atoms with Crippen molar-refractivity contribution in [3.05, 3.63) is 24.3 Å². The zero-order chi connectivity index (χ0) is 74.8. The normalized spacial score (nSPS) is 14.0. The van der Waals surface area contributed by atoms with E-state index in [1.54, 1.807) is 0 Å². The van der Waals surface area contributed by atoms with E-state index in [-0.39, 0.29) is 25.7 Å².